The third-order valence-corrected chi connectivity index (χ3v) is 3.92. The zero-order valence-corrected chi connectivity index (χ0v) is 16.8. The highest BCUT2D eigenvalue weighted by atomic mass is 16.5. The van der Waals surface area contributed by atoms with Gasteiger partial charge < -0.3 is 29.8 Å². The average Bonchev–Trinajstić information content (AvgIpc) is 2.66. The fraction of sp³-hybridized carbons (Fsp3) is 1.00. The lowest BCUT2D eigenvalue weighted by atomic mass is 10.3. The first-order valence-electron chi connectivity index (χ1n) is 10.5. The van der Waals surface area contributed by atoms with E-state index < -0.39 is 0 Å². The zero-order valence-electron chi connectivity index (χ0n) is 16.8. The Morgan fingerprint density at radius 2 is 0.692 bits per heavy atom. The van der Waals surface area contributed by atoms with E-state index in [0.717, 1.165) is 124 Å². The molecule has 0 aliphatic heterocycles. The summed E-state index contributed by atoms with van der Waals surface area (Å²) < 4.78 is 22.2. The number of ether oxygens (including phenoxy) is 4. The molecule has 6 heteroatoms. The molecule has 0 bridgehead atoms. The van der Waals surface area contributed by atoms with Gasteiger partial charge in [-0.3, -0.25) is 0 Å². The molecule has 0 atom stereocenters. The molecule has 0 aromatic carbocycles. The normalized spacial score (nSPS) is 11.3. The molecule has 0 aromatic rings. The van der Waals surface area contributed by atoms with Crippen LogP contribution in [0.5, 0.6) is 0 Å². The van der Waals surface area contributed by atoms with Crippen molar-refractivity contribution in [3.05, 3.63) is 0 Å². The smallest absolute Gasteiger partial charge is 0.0466 e. The van der Waals surface area contributed by atoms with Crippen LogP contribution in [0.15, 0.2) is 0 Å². The minimum absolute atomic E-state index is 0.257. The lowest BCUT2D eigenvalue weighted by molar-refractivity contribution is 0.0838. The first-order chi connectivity index (χ1) is 12.9. The Morgan fingerprint density at radius 3 is 0.962 bits per heavy atom. The molecular formula is C20H43NO5. The average molecular weight is 378 g/mol. The van der Waals surface area contributed by atoms with Crippen molar-refractivity contribution in [2.45, 2.75) is 64.2 Å². The second-order valence-corrected chi connectivity index (χ2v) is 6.50. The van der Waals surface area contributed by atoms with Crippen molar-refractivity contribution < 1.29 is 24.1 Å². The largest absolute Gasteiger partial charge is 0.396 e. The molecule has 3 N–H and O–H groups in total. The van der Waals surface area contributed by atoms with Gasteiger partial charge >= 0.3 is 0 Å². The number of aliphatic hydroxyl groups is 1. The molecule has 26 heavy (non-hydrogen) atoms. The van der Waals surface area contributed by atoms with E-state index in [0.29, 0.717) is 0 Å². The van der Waals surface area contributed by atoms with E-state index in [1.165, 1.54) is 0 Å². The molecule has 0 saturated carbocycles. The minimum atomic E-state index is 0.257. The van der Waals surface area contributed by atoms with Gasteiger partial charge in [0.05, 0.1) is 0 Å². The summed E-state index contributed by atoms with van der Waals surface area (Å²) in [5.41, 5.74) is 5.43. The van der Waals surface area contributed by atoms with Gasteiger partial charge in [-0.05, 0) is 70.8 Å². The molecule has 158 valence electrons. The van der Waals surface area contributed by atoms with Gasteiger partial charge in [0.15, 0.2) is 0 Å². The van der Waals surface area contributed by atoms with Crippen LogP contribution in [0.2, 0.25) is 0 Å². The third-order valence-electron chi connectivity index (χ3n) is 3.92. The maximum Gasteiger partial charge on any atom is 0.0466 e. The number of hydrogen-bond donors (Lipinski definition) is 2. The van der Waals surface area contributed by atoms with Crippen molar-refractivity contribution >= 4 is 0 Å². The molecule has 0 aliphatic rings. The lowest BCUT2D eigenvalue weighted by Crippen LogP contribution is -2.04. The van der Waals surface area contributed by atoms with E-state index >= 15 is 0 Å². The zero-order chi connectivity index (χ0) is 19.0. The molecule has 0 rings (SSSR count). The molecule has 0 fully saturated rings. The van der Waals surface area contributed by atoms with Crippen molar-refractivity contribution in [3.63, 3.8) is 0 Å². The van der Waals surface area contributed by atoms with Crippen LogP contribution in [0.25, 0.3) is 0 Å². The number of rotatable bonds is 23. The summed E-state index contributed by atoms with van der Waals surface area (Å²) in [6, 6.07) is 0. The monoisotopic (exact) mass is 377 g/mol. The van der Waals surface area contributed by atoms with Gasteiger partial charge in [0.2, 0.25) is 0 Å². The van der Waals surface area contributed by atoms with Crippen molar-refractivity contribution in [2.24, 2.45) is 5.73 Å². The second kappa shape index (κ2) is 24.8. The molecule has 0 aliphatic carbocycles. The van der Waals surface area contributed by atoms with Crippen LogP contribution in [0.4, 0.5) is 0 Å². The van der Waals surface area contributed by atoms with Crippen LogP contribution in [0, 0.1) is 0 Å². The topological polar surface area (TPSA) is 83.2 Å². The molecule has 0 unspecified atom stereocenters. The van der Waals surface area contributed by atoms with E-state index in [1.807, 2.05) is 0 Å². The van der Waals surface area contributed by atoms with Gasteiger partial charge in [-0.25, -0.2) is 0 Å². The Bertz CT molecular complexity index is 220. The van der Waals surface area contributed by atoms with Gasteiger partial charge in [0.1, 0.15) is 0 Å². The van der Waals surface area contributed by atoms with Crippen molar-refractivity contribution in [1.29, 1.82) is 0 Å². The maximum absolute atomic E-state index is 8.64. The number of nitrogens with two attached hydrogens (primary N) is 1. The van der Waals surface area contributed by atoms with E-state index in [1.54, 1.807) is 0 Å². The van der Waals surface area contributed by atoms with Crippen LogP contribution in [-0.4, -0.2) is 71.1 Å². The summed E-state index contributed by atoms with van der Waals surface area (Å²) >= 11 is 0. The Hall–Kier alpha value is -0.240. The fourth-order valence-corrected chi connectivity index (χ4v) is 2.30. The van der Waals surface area contributed by atoms with E-state index in [-0.39, 0.29) is 6.61 Å². The van der Waals surface area contributed by atoms with Crippen LogP contribution in [0.1, 0.15) is 64.2 Å². The Kier molecular flexibility index (Phi) is 24.5. The summed E-state index contributed by atoms with van der Waals surface area (Å²) in [5, 5.41) is 8.64. The summed E-state index contributed by atoms with van der Waals surface area (Å²) in [5.74, 6) is 0. The quantitative estimate of drug-likeness (QED) is 0.266. The summed E-state index contributed by atoms with van der Waals surface area (Å²) in [7, 11) is 0. The Morgan fingerprint density at radius 1 is 0.423 bits per heavy atom. The van der Waals surface area contributed by atoms with Gasteiger partial charge in [-0.2, -0.15) is 0 Å². The van der Waals surface area contributed by atoms with Gasteiger partial charge in [-0.15, -0.1) is 0 Å². The molecule has 0 saturated heterocycles. The number of hydrogen-bond acceptors (Lipinski definition) is 6. The fourth-order valence-electron chi connectivity index (χ4n) is 2.30. The highest BCUT2D eigenvalue weighted by Crippen LogP contribution is 1.98. The predicted octanol–water partition coefficient (Wildman–Crippen LogP) is 2.90. The first-order valence-corrected chi connectivity index (χ1v) is 10.5. The van der Waals surface area contributed by atoms with Crippen LogP contribution < -0.4 is 5.73 Å². The lowest BCUT2D eigenvalue weighted by Gasteiger charge is -2.07. The Labute approximate surface area is 160 Å². The molecule has 0 amide bonds. The molecule has 0 heterocycles. The molecule has 0 radical (unpaired) electrons. The van der Waals surface area contributed by atoms with Crippen molar-refractivity contribution in [3.8, 4) is 0 Å². The molecular weight excluding hydrogens is 334 g/mol. The van der Waals surface area contributed by atoms with Crippen molar-refractivity contribution in [1.82, 2.24) is 0 Å². The highest BCUT2D eigenvalue weighted by molar-refractivity contribution is 4.44. The van der Waals surface area contributed by atoms with E-state index in [2.05, 4.69) is 0 Å². The third kappa shape index (κ3) is 23.8. The highest BCUT2D eigenvalue weighted by Gasteiger charge is 1.95. The first kappa shape index (κ1) is 25.8. The van der Waals surface area contributed by atoms with Crippen LogP contribution >= 0.6 is 0 Å². The van der Waals surface area contributed by atoms with Gasteiger partial charge in [0.25, 0.3) is 0 Å². The SMILES string of the molecule is NCCCCOCCCCOCCCCOCCCCOCCCCO. The number of aliphatic hydroxyl groups excluding tert-OH is 1. The van der Waals surface area contributed by atoms with E-state index in [4.69, 9.17) is 29.8 Å². The Balaban J connectivity index is 2.95. The van der Waals surface area contributed by atoms with Crippen LogP contribution in [-0.2, 0) is 18.9 Å². The predicted molar refractivity (Wildman–Crippen MR) is 106 cm³/mol. The van der Waals surface area contributed by atoms with E-state index in [9.17, 15) is 0 Å². The number of unbranched alkanes of at least 4 members (excludes halogenated alkanes) is 5. The second-order valence-electron chi connectivity index (χ2n) is 6.50. The summed E-state index contributed by atoms with van der Waals surface area (Å²) in [4.78, 5) is 0. The molecule has 0 aromatic heterocycles. The molecule has 6 nitrogen and oxygen atoms in total. The maximum atomic E-state index is 8.64. The minimum Gasteiger partial charge on any atom is -0.396 e. The molecule has 0 spiro atoms. The summed E-state index contributed by atoms with van der Waals surface area (Å²) in [6.45, 7) is 7.49. The van der Waals surface area contributed by atoms with Gasteiger partial charge in [-0.1, -0.05) is 0 Å². The van der Waals surface area contributed by atoms with Gasteiger partial charge in [0, 0.05) is 59.5 Å². The van der Waals surface area contributed by atoms with Crippen LogP contribution in [0.3, 0.4) is 0 Å². The standard InChI is InChI=1S/C20H43NO5/c21-11-1-3-13-23-15-5-7-17-25-19-9-10-20-26-18-8-6-16-24-14-4-2-12-22/h22H,1-21H2. The summed E-state index contributed by atoms with van der Waals surface area (Å²) in [6.07, 6.45) is 10.2. The van der Waals surface area contributed by atoms with Crippen molar-refractivity contribution in [2.75, 3.05) is 66.0 Å².